The Morgan fingerprint density at radius 2 is 2.12 bits per heavy atom. The quantitative estimate of drug-likeness (QED) is 0.785. The summed E-state index contributed by atoms with van der Waals surface area (Å²) in [6.45, 7) is 3.21. The predicted molar refractivity (Wildman–Crippen MR) is 87.6 cm³/mol. The van der Waals surface area contributed by atoms with Crippen molar-refractivity contribution in [3.05, 3.63) is 35.6 Å². The van der Waals surface area contributed by atoms with Gasteiger partial charge in [-0.05, 0) is 32.4 Å². The largest absolute Gasteiger partial charge is 0.468 e. The number of fused-ring (bicyclic) bond motifs is 1. The van der Waals surface area contributed by atoms with Gasteiger partial charge in [0.15, 0.2) is 0 Å². The number of carbonyl (C=O) groups is 2. The van der Waals surface area contributed by atoms with Crippen molar-refractivity contribution in [3.63, 3.8) is 0 Å². The fourth-order valence-corrected chi connectivity index (χ4v) is 3.24. The predicted octanol–water partition coefficient (Wildman–Crippen LogP) is 2.75. The number of carbonyl (C=O) groups excluding carboxylic acids is 2. The SMILES string of the molecule is CCOC(=O)c1c(CN2CCCC2C(=O)OC)oc2ccccc12. The number of furan rings is 1. The maximum Gasteiger partial charge on any atom is 0.342 e. The molecule has 1 fully saturated rings. The van der Waals surface area contributed by atoms with E-state index in [1.54, 1.807) is 6.92 Å². The van der Waals surface area contributed by atoms with Crippen LogP contribution in [-0.2, 0) is 20.8 Å². The lowest BCUT2D eigenvalue weighted by Crippen LogP contribution is -2.36. The summed E-state index contributed by atoms with van der Waals surface area (Å²) in [5.41, 5.74) is 1.09. The summed E-state index contributed by atoms with van der Waals surface area (Å²) in [5.74, 6) is -0.113. The highest BCUT2D eigenvalue weighted by Gasteiger charge is 2.33. The Labute approximate surface area is 140 Å². The maximum absolute atomic E-state index is 12.4. The zero-order valence-electron chi connectivity index (χ0n) is 13.9. The summed E-state index contributed by atoms with van der Waals surface area (Å²) in [7, 11) is 1.39. The van der Waals surface area contributed by atoms with E-state index in [0.29, 0.717) is 30.1 Å². The van der Waals surface area contributed by atoms with E-state index in [1.165, 1.54) is 7.11 Å². The van der Waals surface area contributed by atoms with Crippen molar-refractivity contribution >= 4 is 22.9 Å². The number of methoxy groups -OCH3 is 1. The first kappa shape index (κ1) is 16.5. The van der Waals surface area contributed by atoms with Crippen LogP contribution in [0.25, 0.3) is 11.0 Å². The number of esters is 2. The van der Waals surface area contributed by atoms with Gasteiger partial charge in [0.1, 0.15) is 22.9 Å². The molecule has 1 saturated heterocycles. The molecular formula is C18H21NO5. The normalized spacial score (nSPS) is 18.0. The molecule has 3 rings (SSSR count). The summed E-state index contributed by atoms with van der Waals surface area (Å²) >= 11 is 0. The molecule has 1 aliphatic rings. The van der Waals surface area contributed by atoms with Crippen LogP contribution >= 0.6 is 0 Å². The second-order valence-corrected chi connectivity index (χ2v) is 5.77. The van der Waals surface area contributed by atoms with E-state index in [-0.39, 0.29) is 12.0 Å². The number of hydrogen-bond donors (Lipinski definition) is 0. The maximum atomic E-state index is 12.4. The van der Waals surface area contributed by atoms with Crippen LogP contribution in [0.4, 0.5) is 0 Å². The third kappa shape index (κ3) is 3.01. The molecule has 1 unspecified atom stereocenters. The molecule has 2 heterocycles. The van der Waals surface area contributed by atoms with Gasteiger partial charge in [-0.1, -0.05) is 18.2 Å². The Balaban J connectivity index is 1.95. The highest BCUT2D eigenvalue weighted by molar-refractivity contribution is 6.04. The first-order valence-electron chi connectivity index (χ1n) is 8.15. The minimum Gasteiger partial charge on any atom is -0.468 e. The Morgan fingerprint density at radius 3 is 2.88 bits per heavy atom. The van der Waals surface area contributed by atoms with Crippen LogP contribution in [-0.4, -0.2) is 43.1 Å². The second-order valence-electron chi connectivity index (χ2n) is 5.77. The summed E-state index contributed by atoms with van der Waals surface area (Å²) in [6, 6.07) is 7.09. The standard InChI is InChI=1S/C18H21NO5/c1-3-23-18(21)16-12-7-4-5-9-14(12)24-15(16)11-19-10-6-8-13(19)17(20)22-2/h4-5,7,9,13H,3,6,8,10-11H2,1-2H3. The van der Waals surface area contributed by atoms with E-state index < -0.39 is 5.97 Å². The van der Waals surface area contributed by atoms with Gasteiger partial charge in [0, 0.05) is 5.39 Å². The third-order valence-electron chi connectivity index (χ3n) is 4.33. The highest BCUT2D eigenvalue weighted by Crippen LogP contribution is 2.30. The lowest BCUT2D eigenvalue weighted by molar-refractivity contribution is -0.146. The van der Waals surface area contributed by atoms with E-state index in [1.807, 2.05) is 29.2 Å². The zero-order chi connectivity index (χ0) is 17.1. The number of rotatable bonds is 5. The first-order chi connectivity index (χ1) is 11.7. The minimum atomic E-state index is -0.397. The molecule has 0 aliphatic carbocycles. The number of nitrogens with zero attached hydrogens (tertiary/aromatic N) is 1. The van der Waals surface area contributed by atoms with Crippen molar-refractivity contribution in [1.82, 2.24) is 4.90 Å². The van der Waals surface area contributed by atoms with Crippen LogP contribution in [0.1, 0.15) is 35.9 Å². The molecule has 1 atom stereocenters. The van der Waals surface area contributed by atoms with Crippen LogP contribution in [0.15, 0.2) is 28.7 Å². The number of para-hydroxylation sites is 1. The summed E-state index contributed by atoms with van der Waals surface area (Å²) in [5, 5.41) is 0.736. The molecule has 1 aromatic carbocycles. The molecule has 0 N–H and O–H groups in total. The second kappa shape index (κ2) is 7.05. The van der Waals surface area contributed by atoms with E-state index in [4.69, 9.17) is 13.9 Å². The molecule has 0 amide bonds. The van der Waals surface area contributed by atoms with Crippen molar-refractivity contribution in [2.75, 3.05) is 20.3 Å². The van der Waals surface area contributed by atoms with Gasteiger partial charge in [0.05, 0.1) is 20.3 Å². The Kier molecular flexibility index (Phi) is 4.85. The number of likely N-dealkylation sites (tertiary alicyclic amines) is 1. The van der Waals surface area contributed by atoms with Crippen molar-refractivity contribution < 1.29 is 23.5 Å². The molecule has 6 heteroatoms. The smallest absolute Gasteiger partial charge is 0.342 e. The lowest BCUT2D eigenvalue weighted by Gasteiger charge is -2.21. The van der Waals surface area contributed by atoms with Gasteiger partial charge in [-0.25, -0.2) is 4.79 Å². The third-order valence-corrected chi connectivity index (χ3v) is 4.33. The molecule has 0 spiro atoms. The Hall–Kier alpha value is -2.34. The van der Waals surface area contributed by atoms with Gasteiger partial charge in [0.25, 0.3) is 0 Å². The molecule has 128 valence electrons. The van der Waals surface area contributed by atoms with Crippen molar-refractivity contribution in [2.45, 2.75) is 32.4 Å². The monoisotopic (exact) mass is 331 g/mol. The van der Waals surface area contributed by atoms with Gasteiger partial charge in [-0.15, -0.1) is 0 Å². The van der Waals surface area contributed by atoms with E-state index in [0.717, 1.165) is 24.8 Å². The summed E-state index contributed by atoms with van der Waals surface area (Å²) < 4.78 is 16.0. The van der Waals surface area contributed by atoms with Crippen molar-refractivity contribution in [3.8, 4) is 0 Å². The van der Waals surface area contributed by atoms with E-state index in [9.17, 15) is 9.59 Å². The Bertz CT molecular complexity index is 751. The lowest BCUT2D eigenvalue weighted by atomic mass is 10.1. The topological polar surface area (TPSA) is 69.0 Å². The van der Waals surface area contributed by atoms with Crippen molar-refractivity contribution in [2.24, 2.45) is 0 Å². The van der Waals surface area contributed by atoms with Gasteiger partial charge in [-0.3, -0.25) is 9.69 Å². The van der Waals surface area contributed by atoms with Gasteiger partial charge in [-0.2, -0.15) is 0 Å². The highest BCUT2D eigenvalue weighted by atomic mass is 16.5. The molecule has 24 heavy (non-hydrogen) atoms. The summed E-state index contributed by atoms with van der Waals surface area (Å²) in [4.78, 5) is 26.3. The number of hydrogen-bond acceptors (Lipinski definition) is 6. The van der Waals surface area contributed by atoms with Crippen LogP contribution in [0, 0.1) is 0 Å². The molecule has 0 saturated carbocycles. The van der Waals surface area contributed by atoms with Crippen LogP contribution in [0.5, 0.6) is 0 Å². The molecule has 1 aliphatic heterocycles. The number of ether oxygens (including phenoxy) is 2. The molecule has 0 bridgehead atoms. The van der Waals surface area contributed by atoms with Crippen LogP contribution in [0.3, 0.4) is 0 Å². The molecular weight excluding hydrogens is 310 g/mol. The first-order valence-corrected chi connectivity index (χ1v) is 8.15. The minimum absolute atomic E-state index is 0.249. The molecule has 1 aromatic heterocycles. The van der Waals surface area contributed by atoms with Crippen LogP contribution < -0.4 is 0 Å². The van der Waals surface area contributed by atoms with Gasteiger partial charge in [0.2, 0.25) is 0 Å². The molecule has 6 nitrogen and oxygen atoms in total. The number of benzene rings is 1. The van der Waals surface area contributed by atoms with Gasteiger partial charge < -0.3 is 13.9 Å². The van der Waals surface area contributed by atoms with E-state index >= 15 is 0 Å². The molecule has 0 radical (unpaired) electrons. The summed E-state index contributed by atoms with van der Waals surface area (Å²) in [6.07, 6.45) is 1.66. The van der Waals surface area contributed by atoms with Crippen LogP contribution in [0.2, 0.25) is 0 Å². The fraction of sp³-hybridized carbons (Fsp3) is 0.444. The average molecular weight is 331 g/mol. The molecule has 2 aromatic rings. The zero-order valence-corrected chi connectivity index (χ0v) is 13.9. The Morgan fingerprint density at radius 1 is 1.33 bits per heavy atom. The van der Waals surface area contributed by atoms with Gasteiger partial charge >= 0.3 is 11.9 Å². The fourth-order valence-electron chi connectivity index (χ4n) is 3.24. The average Bonchev–Trinajstić information content (AvgIpc) is 3.18. The van der Waals surface area contributed by atoms with Crippen molar-refractivity contribution in [1.29, 1.82) is 0 Å². The van der Waals surface area contributed by atoms with E-state index in [2.05, 4.69) is 0 Å².